The van der Waals surface area contributed by atoms with Crippen molar-refractivity contribution >= 4 is 10.0 Å². The minimum absolute atomic E-state index is 0.106. The fraction of sp³-hybridized carbons (Fsp3) is 0.600. The van der Waals surface area contributed by atoms with Gasteiger partial charge < -0.3 is 10.4 Å². The van der Waals surface area contributed by atoms with Crippen molar-refractivity contribution in [2.45, 2.75) is 30.3 Å². The molecule has 1 aromatic rings. The first-order chi connectivity index (χ1) is 10.3. The van der Waals surface area contributed by atoms with E-state index in [0.717, 1.165) is 6.54 Å². The Bertz CT molecular complexity index is 679. The summed E-state index contributed by atoms with van der Waals surface area (Å²) >= 11 is 0. The first-order valence-electron chi connectivity index (χ1n) is 7.52. The number of hydrogen-bond donors (Lipinski definition) is 2. The monoisotopic (exact) mass is 328 g/mol. The highest BCUT2D eigenvalue weighted by Gasteiger charge is 2.45. The SMILES string of the molecule is Cc1cc(F)ccc1S(=O)(=O)N1CC[C@@]2(O)CCNC[C@H]2C1. The number of fused-ring (bicyclic) bond motifs is 1. The summed E-state index contributed by atoms with van der Waals surface area (Å²) in [6.07, 6.45) is 1.10. The van der Waals surface area contributed by atoms with Crippen molar-refractivity contribution in [2.24, 2.45) is 5.92 Å². The van der Waals surface area contributed by atoms with E-state index in [0.29, 0.717) is 38.0 Å². The minimum Gasteiger partial charge on any atom is -0.389 e. The largest absolute Gasteiger partial charge is 0.389 e. The van der Waals surface area contributed by atoms with Gasteiger partial charge in [0.15, 0.2) is 0 Å². The Labute approximate surface area is 130 Å². The highest BCUT2D eigenvalue weighted by molar-refractivity contribution is 7.89. The summed E-state index contributed by atoms with van der Waals surface area (Å²) in [5.41, 5.74) is -0.364. The fourth-order valence-corrected chi connectivity index (χ4v) is 5.15. The van der Waals surface area contributed by atoms with Gasteiger partial charge in [-0.1, -0.05) is 0 Å². The molecule has 22 heavy (non-hydrogen) atoms. The molecule has 0 radical (unpaired) electrons. The predicted molar refractivity (Wildman–Crippen MR) is 80.4 cm³/mol. The van der Waals surface area contributed by atoms with Gasteiger partial charge in [-0.2, -0.15) is 4.31 Å². The van der Waals surface area contributed by atoms with Crippen LogP contribution in [0, 0.1) is 18.7 Å². The summed E-state index contributed by atoms with van der Waals surface area (Å²) in [5.74, 6) is -0.550. The van der Waals surface area contributed by atoms with Gasteiger partial charge in [-0.15, -0.1) is 0 Å². The molecule has 3 rings (SSSR count). The lowest BCUT2D eigenvalue weighted by atomic mass is 9.77. The summed E-state index contributed by atoms with van der Waals surface area (Å²) in [6.45, 7) is 3.56. The molecule has 122 valence electrons. The molecule has 0 bridgehead atoms. The Morgan fingerprint density at radius 3 is 2.91 bits per heavy atom. The topological polar surface area (TPSA) is 69.6 Å². The predicted octanol–water partition coefficient (Wildman–Crippen LogP) is 0.869. The van der Waals surface area contributed by atoms with Crippen molar-refractivity contribution in [1.29, 1.82) is 0 Å². The summed E-state index contributed by atoms with van der Waals surface area (Å²) in [7, 11) is -3.66. The summed E-state index contributed by atoms with van der Waals surface area (Å²) < 4.78 is 40.2. The minimum atomic E-state index is -3.66. The molecular weight excluding hydrogens is 307 g/mol. The van der Waals surface area contributed by atoms with Crippen LogP contribution in [0.15, 0.2) is 23.1 Å². The van der Waals surface area contributed by atoms with Crippen LogP contribution in [0.25, 0.3) is 0 Å². The zero-order chi connectivity index (χ0) is 16.0. The van der Waals surface area contributed by atoms with Crippen molar-refractivity contribution in [2.75, 3.05) is 26.2 Å². The summed E-state index contributed by atoms with van der Waals surface area (Å²) in [5, 5.41) is 13.8. The molecule has 1 aromatic carbocycles. The smallest absolute Gasteiger partial charge is 0.243 e. The van der Waals surface area contributed by atoms with Crippen molar-refractivity contribution in [3.8, 4) is 0 Å². The van der Waals surface area contributed by atoms with Gasteiger partial charge in [-0.05, 0) is 50.1 Å². The summed E-state index contributed by atoms with van der Waals surface area (Å²) in [6, 6.07) is 3.72. The quantitative estimate of drug-likeness (QED) is 0.845. The molecule has 2 heterocycles. The standard InChI is InChI=1S/C15H21FN2O3S/c1-11-8-13(16)2-3-14(11)22(20,21)18-7-5-15(19)4-6-17-9-12(15)10-18/h2-3,8,12,17,19H,4-7,9-10H2,1H3/t12-,15-/m0/s1. The Morgan fingerprint density at radius 2 is 2.18 bits per heavy atom. The van der Waals surface area contributed by atoms with Crippen LogP contribution in [0.2, 0.25) is 0 Å². The highest BCUT2D eigenvalue weighted by Crippen LogP contribution is 2.35. The van der Waals surface area contributed by atoms with Gasteiger partial charge in [0, 0.05) is 25.6 Å². The van der Waals surface area contributed by atoms with Gasteiger partial charge in [-0.3, -0.25) is 0 Å². The van der Waals surface area contributed by atoms with Gasteiger partial charge in [0.25, 0.3) is 0 Å². The first-order valence-corrected chi connectivity index (χ1v) is 8.96. The van der Waals surface area contributed by atoms with Crippen molar-refractivity contribution < 1.29 is 17.9 Å². The van der Waals surface area contributed by atoms with Crippen LogP contribution in [-0.4, -0.2) is 49.6 Å². The first kappa shape index (κ1) is 15.9. The maximum atomic E-state index is 13.2. The van der Waals surface area contributed by atoms with Crippen LogP contribution in [-0.2, 0) is 10.0 Å². The van der Waals surface area contributed by atoms with Crippen molar-refractivity contribution in [1.82, 2.24) is 9.62 Å². The van der Waals surface area contributed by atoms with E-state index in [1.165, 1.54) is 22.5 Å². The molecule has 2 aliphatic heterocycles. The van der Waals surface area contributed by atoms with Gasteiger partial charge in [0.2, 0.25) is 10.0 Å². The Morgan fingerprint density at radius 1 is 1.41 bits per heavy atom. The van der Waals surface area contributed by atoms with Crippen molar-refractivity contribution in [3.05, 3.63) is 29.6 Å². The number of aliphatic hydroxyl groups is 1. The molecule has 0 amide bonds. The van der Waals surface area contributed by atoms with E-state index >= 15 is 0 Å². The zero-order valence-electron chi connectivity index (χ0n) is 12.5. The van der Waals surface area contributed by atoms with E-state index < -0.39 is 21.4 Å². The number of nitrogens with one attached hydrogen (secondary N) is 1. The molecule has 0 saturated carbocycles. The average molecular weight is 328 g/mol. The van der Waals surface area contributed by atoms with E-state index in [1.807, 2.05) is 0 Å². The normalized spacial score (nSPS) is 30.0. The van der Waals surface area contributed by atoms with Crippen LogP contribution < -0.4 is 5.32 Å². The third-order valence-corrected chi connectivity index (χ3v) is 6.88. The molecule has 0 aliphatic carbocycles. The zero-order valence-corrected chi connectivity index (χ0v) is 13.4. The van der Waals surface area contributed by atoms with Crippen LogP contribution in [0.5, 0.6) is 0 Å². The van der Waals surface area contributed by atoms with E-state index in [9.17, 15) is 17.9 Å². The van der Waals surface area contributed by atoms with E-state index in [2.05, 4.69) is 5.32 Å². The number of nitrogens with zero attached hydrogens (tertiary/aromatic N) is 1. The number of halogens is 1. The number of sulfonamides is 1. The molecule has 0 unspecified atom stereocenters. The molecule has 0 aromatic heterocycles. The molecule has 2 N–H and O–H groups in total. The third kappa shape index (κ3) is 2.67. The fourth-order valence-electron chi connectivity index (χ4n) is 3.45. The molecule has 7 heteroatoms. The van der Waals surface area contributed by atoms with Crippen molar-refractivity contribution in [3.63, 3.8) is 0 Å². The third-order valence-electron chi connectivity index (χ3n) is 4.86. The number of rotatable bonds is 2. The number of piperidine rings is 2. The second kappa shape index (κ2) is 5.56. The van der Waals surface area contributed by atoms with Crippen LogP contribution in [0.1, 0.15) is 18.4 Å². The van der Waals surface area contributed by atoms with Crippen LogP contribution in [0.4, 0.5) is 4.39 Å². The van der Waals surface area contributed by atoms with Crippen LogP contribution in [0.3, 0.4) is 0 Å². The second-order valence-corrected chi connectivity index (χ2v) is 8.18. The van der Waals surface area contributed by atoms with Gasteiger partial charge in [-0.25, -0.2) is 12.8 Å². The molecule has 5 nitrogen and oxygen atoms in total. The number of aryl methyl sites for hydroxylation is 1. The second-order valence-electron chi connectivity index (χ2n) is 6.28. The summed E-state index contributed by atoms with van der Waals surface area (Å²) in [4.78, 5) is 0.142. The van der Waals surface area contributed by atoms with Gasteiger partial charge in [0.1, 0.15) is 5.82 Å². The molecular formula is C15H21FN2O3S. The molecule has 2 saturated heterocycles. The maximum Gasteiger partial charge on any atom is 0.243 e. The molecule has 2 atom stereocenters. The van der Waals surface area contributed by atoms with Gasteiger partial charge >= 0.3 is 0 Å². The molecule has 2 fully saturated rings. The van der Waals surface area contributed by atoms with Crippen LogP contribution >= 0.6 is 0 Å². The van der Waals surface area contributed by atoms with E-state index in [1.54, 1.807) is 6.92 Å². The molecule has 0 spiro atoms. The lowest BCUT2D eigenvalue weighted by Crippen LogP contribution is -2.59. The highest BCUT2D eigenvalue weighted by atomic mass is 32.2. The Balaban J connectivity index is 1.87. The van der Waals surface area contributed by atoms with E-state index in [-0.39, 0.29) is 10.8 Å². The lowest BCUT2D eigenvalue weighted by Gasteiger charge is -2.47. The Kier molecular flexibility index (Phi) is 4.01. The lowest BCUT2D eigenvalue weighted by molar-refractivity contribution is -0.0744. The number of benzene rings is 1. The van der Waals surface area contributed by atoms with Gasteiger partial charge in [0.05, 0.1) is 10.5 Å². The maximum absolute atomic E-state index is 13.2. The number of hydrogen-bond acceptors (Lipinski definition) is 4. The molecule has 2 aliphatic rings. The average Bonchev–Trinajstić information content (AvgIpc) is 2.45. The Hall–Kier alpha value is -1.02. The van der Waals surface area contributed by atoms with E-state index in [4.69, 9.17) is 0 Å².